The minimum Gasteiger partial charge on any atom is -0.462 e. The number of carbonyl (C=O) groups excluding carboxylic acids is 1. The largest absolute Gasteiger partial charge is 0.462 e. The van der Waals surface area contributed by atoms with Crippen molar-refractivity contribution in [2.45, 2.75) is 6.92 Å². The zero-order chi connectivity index (χ0) is 9.73. The van der Waals surface area contributed by atoms with E-state index in [9.17, 15) is 4.79 Å². The zero-order valence-corrected chi connectivity index (χ0v) is 7.75. The van der Waals surface area contributed by atoms with E-state index in [1.165, 1.54) is 0 Å². The molecule has 1 heterocycles. The highest BCUT2D eigenvalue weighted by Crippen LogP contribution is 2.21. The van der Waals surface area contributed by atoms with Crippen LogP contribution in [0.25, 0.3) is 0 Å². The van der Waals surface area contributed by atoms with Crippen molar-refractivity contribution in [3.05, 3.63) is 12.7 Å². The topological polar surface area (TPSA) is 44.8 Å². The first kappa shape index (κ1) is 10.2. The molecule has 1 rings (SSSR count). The fraction of sp³-hybridized carbons (Fsp3) is 0.667. The summed E-state index contributed by atoms with van der Waals surface area (Å²) in [7, 11) is 0. The number of hydrogen-bond donors (Lipinski definition) is 0. The summed E-state index contributed by atoms with van der Waals surface area (Å²) in [4.78, 5) is 10.8. The highest BCUT2D eigenvalue weighted by atomic mass is 16.7. The quantitative estimate of drug-likeness (QED) is 0.481. The summed E-state index contributed by atoms with van der Waals surface area (Å²) in [5.74, 6) is -0.410. The van der Waals surface area contributed by atoms with Gasteiger partial charge in [-0.2, -0.15) is 0 Å². The molecule has 0 N–H and O–H groups in total. The Bertz CT molecular complexity index is 194. The first-order valence-electron chi connectivity index (χ1n) is 4.11. The molecule has 4 nitrogen and oxygen atoms in total. The number of carbonyl (C=O) groups is 1. The molecular formula is C9H14O4. The molecular weight excluding hydrogens is 172 g/mol. The summed E-state index contributed by atoms with van der Waals surface area (Å²) >= 11 is 0. The lowest BCUT2D eigenvalue weighted by Crippen LogP contribution is -2.39. The normalized spacial score (nSPS) is 20.7. The van der Waals surface area contributed by atoms with Gasteiger partial charge < -0.3 is 14.2 Å². The van der Waals surface area contributed by atoms with E-state index in [0.717, 1.165) is 6.08 Å². The first-order valence-corrected chi connectivity index (χ1v) is 4.11. The van der Waals surface area contributed by atoms with Crippen molar-refractivity contribution in [1.82, 2.24) is 0 Å². The van der Waals surface area contributed by atoms with Crippen molar-refractivity contribution in [2.24, 2.45) is 5.41 Å². The summed E-state index contributed by atoms with van der Waals surface area (Å²) in [5, 5.41) is 0. The standard InChI is InChI=1S/C9H14O4/c1-3-8(10)13-6-9(2)4-11-7-12-5-9/h3H,1,4-7H2,2H3. The van der Waals surface area contributed by atoms with Crippen molar-refractivity contribution in [3.63, 3.8) is 0 Å². The number of esters is 1. The number of rotatable bonds is 3. The van der Waals surface area contributed by atoms with Gasteiger partial charge >= 0.3 is 5.97 Å². The minimum atomic E-state index is -0.410. The van der Waals surface area contributed by atoms with Crippen LogP contribution in [0.15, 0.2) is 12.7 Å². The minimum absolute atomic E-state index is 0.225. The molecule has 0 saturated carbocycles. The molecule has 0 amide bonds. The number of hydrogen-bond acceptors (Lipinski definition) is 4. The maximum atomic E-state index is 10.8. The van der Waals surface area contributed by atoms with E-state index in [1.807, 2.05) is 6.92 Å². The predicted molar refractivity (Wildman–Crippen MR) is 46.0 cm³/mol. The van der Waals surface area contributed by atoms with Gasteiger partial charge in [0.25, 0.3) is 0 Å². The van der Waals surface area contributed by atoms with Crippen molar-refractivity contribution in [1.29, 1.82) is 0 Å². The van der Waals surface area contributed by atoms with E-state index >= 15 is 0 Å². The second-order valence-electron chi connectivity index (χ2n) is 3.44. The molecule has 0 aromatic carbocycles. The monoisotopic (exact) mass is 186 g/mol. The van der Waals surface area contributed by atoms with Gasteiger partial charge in [0, 0.05) is 11.5 Å². The molecule has 0 spiro atoms. The molecule has 0 aromatic heterocycles. The molecule has 74 valence electrons. The summed E-state index contributed by atoms with van der Waals surface area (Å²) in [5.41, 5.74) is -0.225. The highest BCUT2D eigenvalue weighted by molar-refractivity contribution is 5.81. The molecule has 1 aliphatic rings. The van der Waals surface area contributed by atoms with Crippen LogP contribution in [0.4, 0.5) is 0 Å². The van der Waals surface area contributed by atoms with Gasteiger partial charge in [-0.1, -0.05) is 13.5 Å². The summed E-state index contributed by atoms with van der Waals surface area (Å²) < 4.78 is 15.1. The Kier molecular flexibility index (Phi) is 3.45. The van der Waals surface area contributed by atoms with Crippen molar-refractivity contribution >= 4 is 5.97 Å². The lowest BCUT2D eigenvalue weighted by molar-refractivity contribution is -0.179. The van der Waals surface area contributed by atoms with Crippen molar-refractivity contribution in [2.75, 3.05) is 26.6 Å². The highest BCUT2D eigenvalue weighted by Gasteiger charge is 2.29. The molecule has 0 atom stereocenters. The number of ether oxygens (including phenoxy) is 3. The van der Waals surface area contributed by atoms with E-state index in [1.54, 1.807) is 0 Å². The van der Waals surface area contributed by atoms with Crippen LogP contribution in [0, 0.1) is 5.41 Å². The predicted octanol–water partition coefficient (Wildman–Crippen LogP) is 0.726. The molecule has 13 heavy (non-hydrogen) atoms. The Balaban J connectivity index is 2.32. The van der Waals surface area contributed by atoms with E-state index in [0.29, 0.717) is 26.6 Å². The average Bonchev–Trinajstić information content (AvgIpc) is 2.15. The van der Waals surface area contributed by atoms with Crippen LogP contribution in [0.5, 0.6) is 0 Å². The van der Waals surface area contributed by atoms with Crippen LogP contribution >= 0.6 is 0 Å². The second kappa shape index (κ2) is 4.39. The fourth-order valence-corrected chi connectivity index (χ4v) is 1.06. The summed E-state index contributed by atoms with van der Waals surface area (Å²) in [6.07, 6.45) is 1.15. The lowest BCUT2D eigenvalue weighted by Gasteiger charge is -2.32. The Morgan fingerprint density at radius 2 is 2.23 bits per heavy atom. The van der Waals surface area contributed by atoms with Crippen LogP contribution in [-0.2, 0) is 19.0 Å². The summed E-state index contributed by atoms with van der Waals surface area (Å²) in [6.45, 7) is 6.99. The van der Waals surface area contributed by atoms with E-state index < -0.39 is 5.97 Å². The molecule has 1 saturated heterocycles. The summed E-state index contributed by atoms with van der Waals surface area (Å²) in [6, 6.07) is 0. The molecule has 0 aliphatic carbocycles. The van der Waals surface area contributed by atoms with Gasteiger partial charge in [-0.25, -0.2) is 4.79 Å². The third kappa shape index (κ3) is 3.16. The Morgan fingerprint density at radius 1 is 1.62 bits per heavy atom. The van der Waals surface area contributed by atoms with E-state index in [2.05, 4.69) is 6.58 Å². The Labute approximate surface area is 77.5 Å². The van der Waals surface area contributed by atoms with Crippen molar-refractivity contribution in [3.8, 4) is 0 Å². The van der Waals surface area contributed by atoms with Gasteiger partial charge in [-0.15, -0.1) is 0 Å². The molecule has 0 unspecified atom stereocenters. The van der Waals surface area contributed by atoms with Crippen LogP contribution in [0.2, 0.25) is 0 Å². The van der Waals surface area contributed by atoms with Crippen LogP contribution in [0.1, 0.15) is 6.92 Å². The van der Waals surface area contributed by atoms with Gasteiger partial charge in [0.2, 0.25) is 0 Å². The first-order chi connectivity index (χ1) is 6.16. The third-order valence-electron chi connectivity index (χ3n) is 1.80. The second-order valence-corrected chi connectivity index (χ2v) is 3.44. The molecule has 1 aliphatic heterocycles. The Morgan fingerprint density at radius 3 is 2.77 bits per heavy atom. The van der Waals surface area contributed by atoms with Gasteiger partial charge in [0.05, 0.1) is 13.2 Å². The molecule has 0 aromatic rings. The zero-order valence-electron chi connectivity index (χ0n) is 7.75. The lowest BCUT2D eigenvalue weighted by atomic mass is 9.94. The van der Waals surface area contributed by atoms with Crippen LogP contribution < -0.4 is 0 Å². The SMILES string of the molecule is C=CC(=O)OCC1(C)COCOC1. The van der Waals surface area contributed by atoms with Crippen LogP contribution in [0.3, 0.4) is 0 Å². The van der Waals surface area contributed by atoms with E-state index in [4.69, 9.17) is 14.2 Å². The molecule has 1 fully saturated rings. The van der Waals surface area contributed by atoms with Crippen LogP contribution in [-0.4, -0.2) is 32.6 Å². The molecule has 0 bridgehead atoms. The third-order valence-corrected chi connectivity index (χ3v) is 1.80. The van der Waals surface area contributed by atoms with Gasteiger partial charge in [0.1, 0.15) is 13.4 Å². The average molecular weight is 186 g/mol. The van der Waals surface area contributed by atoms with Crippen molar-refractivity contribution < 1.29 is 19.0 Å². The maximum Gasteiger partial charge on any atom is 0.330 e. The molecule has 0 radical (unpaired) electrons. The maximum absolute atomic E-state index is 10.8. The van der Waals surface area contributed by atoms with E-state index in [-0.39, 0.29) is 5.41 Å². The van der Waals surface area contributed by atoms with Gasteiger partial charge in [0.15, 0.2) is 0 Å². The fourth-order valence-electron chi connectivity index (χ4n) is 1.06. The smallest absolute Gasteiger partial charge is 0.330 e. The van der Waals surface area contributed by atoms with Gasteiger partial charge in [-0.3, -0.25) is 0 Å². The molecule has 4 heteroatoms. The Hall–Kier alpha value is -0.870. The van der Waals surface area contributed by atoms with Gasteiger partial charge in [-0.05, 0) is 0 Å².